The Morgan fingerprint density at radius 2 is 1.86 bits per heavy atom. The predicted octanol–water partition coefficient (Wildman–Crippen LogP) is 2.90. The maximum Gasteiger partial charge on any atom is 0.128 e. The van der Waals surface area contributed by atoms with Crippen LogP contribution in [0, 0.1) is 0 Å². The van der Waals surface area contributed by atoms with Gasteiger partial charge in [0, 0.05) is 7.05 Å². The van der Waals surface area contributed by atoms with Gasteiger partial charge in [0.25, 0.3) is 0 Å². The molecule has 0 spiro atoms. The zero-order valence-electron chi connectivity index (χ0n) is 8.26. The number of hydrogen-bond donors (Lipinski definition) is 1. The van der Waals surface area contributed by atoms with Gasteiger partial charge in [-0.2, -0.15) is 0 Å². The molecule has 14 heavy (non-hydrogen) atoms. The highest BCUT2D eigenvalue weighted by Crippen LogP contribution is 2.31. The van der Waals surface area contributed by atoms with Gasteiger partial charge in [-0.1, -0.05) is 19.3 Å². The molecule has 0 amide bonds. The highest BCUT2D eigenvalue weighted by molar-refractivity contribution is 9.14. The van der Waals surface area contributed by atoms with Crippen molar-refractivity contribution in [1.29, 1.82) is 0 Å². The Balaban J connectivity index is 2.00. The minimum absolute atomic E-state index is 0.636. The molecule has 1 aliphatic heterocycles. The third kappa shape index (κ3) is 1.95. The van der Waals surface area contributed by atoms with Crippen LogP contribution in [0.4, 0.5) is 0 Å². The van der Waals surface area contributed by atoms with E-state index in [-0.39, 0.29) is 0 Å². The molecular formula is C9H15Br2N3. The molecule has 0 saturated heterocycles. The van der Waals surface area contributed by atoms with E-state index in [4.69, 9.17) is 0 Å². The molecule has 1 heterocycles. The van der Waals surface area contributed by atoms with Gasteiger partial charge >= 0.3 is 0 Å². The van der Waals surface area contributed by atoms with Crippen LogP contribution in [0.5, 0.6) is 0 Å². The topological polar surface area (TPSA) is 18.5 Å². The first-order valence-corrected chi connectivity index (χ1v) is 6.63. The molecule has 0 unspecified atom stereocenters. The molecule has 1 saturated carbocycles. The molecule has 2 aliphatic rings. The van der Waals surface area contributed by atoms with Gasteiger partial charge in [-0.25, -0.2) is 0 Å². The number of hydrogen-bond acceptors (Lipinski definition) is 3. The fourth-order valence-electron chi connectivity index (χ4n) is 2.12. The molecule has 1 N–H and O–H groups in total. The highest BCUT2D eigenvalue weighted by atomic mass is 79.9. The maximum atomic E-state index is 3.53. The van der Waals surface area contributed by atoms with E-state index in [9.17, 15) is 0 Å². The SMILES string of the molecule is CN1C(Br)=C(Br)NN1C1CCCCC1. The van der Waals surface area contributed by atoms with Gasteiger partial charge in [-0.3, -0.25) is 10.4 Å². The van der Waals surface area contributed by atoms with Crippen molar-refractivity contribution >= 4 is 31.9 Å². The standard InChI is InChI=1S/C9H15Br2N3/c1-13-9(11)8(10)12-14(13)7-5-3-2-4-6-7/h7,12H,2-6H2,1H3. The van der Waals surface area contributed by atoms with Crippen LogP contribution in [0.1, 0.15) is 32.1 Å². The summed E-state index contributed by atoms with van der Waals surface area (Å²) in [5, 5.41) is 4.34. The fourth-order valence-corrected chi connectivity index (χ4v) is 2.82. The van der Waals surface area contributed by atoms with Crippen molar-refractivity contribution in [3.63, 3.8) is 0 Å². The molecule has 1 fully saturated rings. The zero-order chi connectivity index (χ0) is 10.1. The lowest BCUT2D eigenvalue weighted by atomic mass is 9.96. The second kappa shape index (κ2) is 4.41. The molecular weight excluding hydrogens is 310 g/mol. The summed E-state index contributed by atoms with van der Waals surface area (Å²) in [6.07, 6.45) is 6.68. The number of nitrogens with one attached hydrogen (secondary N) is 1. The Hall–Kier alpha value is 0.260. The normalized spacial score (nSPS) is 25.8. The van der Waals surface area contributed by atoms with Gasteiger partial charge in [0.2, 0.25) is 0 Å². The van der Waals surface area contributed by atoms with Crippen molar-refractivity contribution in [1.82, 2.24) is 15.6 Å². The first-order chi connectivity index (χ1) is 6.70. The maximum absolute atomic E-state index is 3.53. The molecule has 3 nitrogen and oxygen atoms in total. The minimum Gasteiger partial charge on any atom is -0.292 e. The van der Waals surface area contributed by atoms with Gasteiger partial charge in [-0.05, 0) is 44.7 Å². The van der Waals surface area contributed by atoms with Crippen LogP contribution in [0.3, 0.4) is 0 Å². The Labute approximate surface area is 102 Å². The molecule has 0 aromatic carbocycles. The molecule has 0 atom stereocenters. The van der Waals surface area contributed by atoms with Crippen LogP contribution in [0.25, 0.3) is 0 Å². The molecule has 80 valence electrons. The van der Waals surface area contributed by atoms with Gasteiger partial charge < -0.3 is 0 Å². The van der Waals surface area contributed by atoms with E-state index in [1.165, 1.54) is 32.1 Å². The summed E-state index contributed by atoms with van der Waals surface area (Å²) in [6, 6.07) is 0.636. The summed E-state index contributed by atoms with van der Waals surface area (Å²) in [7, 11) is 2.07. The molecule has 2 rings (SSSR count). The van der Waals surface area contributed by atoms with Gasteiger partial charge in [0.1, 0.15) is 9.21 Å². The summed E-state index contributed by atoms with van der Waals surface area (Å²) in [4.78, 5) is 0. The third-order valence-electron chi connectivity index (χ3n) is 2.92. The predicted molar refractivity (Wildman–Crippen MR) is 64.5 cm³/mol. The molecule has 1 aliphatic carbocycles. The highest BCUT2D eigenvalue weighted by Gasteiger charge is 2.30. The van der Waals surface area contributed by atoms with Crippen LogP contribution in [-0.2, 0) is 0 Å². The quantitative estimate of drug-likeness (QED) is 0.748. The van der Waals surface area contributed by atoms with Crippen molar-refractivity contribution in [2.75, 3.05) is 7.05 Å². The average molecular weight is 325 g/mol. The van der Waals surface area contributed by atoms with E-state index >= 15 is 0 Å². The lowest BCUT2D eigenvalue weighted by molar-refractivity contribution is -0.0325. The van der Waals surface area contributed by atoms with Crippen molar-refractivity contribution < 1.29 is 0 Å². The lowest BCUT2D eigenvalue weighted by Gasteiger charge is -2.35. The van der Waals surface area contributed by atoms with Crippen LogP contribution >= 0.6 is 31.9 Å². The monoisotopic (exact) mass is 323 g/mol. The summed E-state index contributed by atoms with van der Waals surface area (Å²) in [5.41, 5.74) is 3.33. The summed E-state index contributed by atoms with van der Waals surface area (Å²) < 4.78 is 2.09. The van der Waals surface area contributed by atoms with Gasteiger partial charge in [0.15, 0.2) is 0 Å². The van der Waals surface area contributed by atoms with Gasteiger partial charge in [-0.15, -0.1) is 5.12 Å². The van der Waals surface area contributed by atoms with Crippen molar-refractivity contribution in [2.45, 2.75) is 38.1 Å². The van der Waals surface area contributed by atoms with Crippen molar-refractivity contribution in [3.05, 3.63) is 9.21 Å². The van der Waals surface area contributed by atoms with Gasteiger partial charge in [0.05, 0.1) is 6.04 Å². The zero-order valence-corrected chi connectivity index (χ0v) is 11.4. The Morgan fingerprint density at radius 3 is 2.36 bits per heavy atom. The Kier molecular flexibility index (Phi) is 3.39. The molecule has 0 aromatic rings. The van der Waals surface area contributed by atoms with E-state index < -0.39 is 0 Å². The molecule has 0 aromatic heterocycles. The smallest absolute Gasteiger partial charge is 0.128 e. The van der Waals surface area contributed by atoms with E-state index in [1.807, 2.05) is 0 Å². The van der Waals surface area contributed by atoms with E-state index in [1.54, 1.807) is 0 Å². The van der Waals surface area contributed by atoms with Crippen molar-refractivity contribution in [2.24, 2.45) is 0 Å². The molecule has 5 heteroatoms. The number of halogens is 2. The first kappa shape index (κ1) is 10.8. The second-order valence-corrected chi connectivity index (χ2v) is 5.42. The minimum atomic E-state index is 0.636. The molecule has 0 radical (unpaired) electrons. The third-order valence-corrected chi connectivity index (χ3v) is 4.92. The lowest BCUT2D eigenvalue weighted by Crippen LogP contribution is -2.48. The largest absolute Gasteiger partial charge is 0.292 e. The van der Waals surface area contributed by atoms with E-state index in [2.05, 4.69) is 54.5 Å². The average Bonchev–Trinajstić information content (AvgIpc) is 2.47. The van der Waals surface area contributed by atoms with E-state index in [0.717, 1.165) is 9.21 Å². The summed E-state index contributed by atoms with van der Waals surface area (Å²) in [6.45, 7) is 0. The van der Waals surface area contributed by atoms with Crippen LogP contribution in [0.15, 0.2) is 9.21 Å². The number of nitrogens with zero attached hydrogens (tertiary/aromatic N) is 2. The van der Waals surface area contributed by atoms with Crippen LogP contribution < -0.4 is 5.43 Å². The number of hydrazine groups is 2. The van der Waals surface area contributed by atoms with Crippen molar-refractivity contribution in [3.8, 4) is 0 Å². The summed E-state index contributed by atoms with van der Waals surface area (Å²) >= 11 is 7.02. The van der Waals surface area contributed by atoms with E-state index in [0.29, 0.717) is 6.04 Å². The van der Waals surface area contributed by atoms with Crippen LogP contribution in [0.2, 0.25) is 0 Å². The Bertz CT molecular complexity index is 248. The fraction of sp³-hybridized carbons (Fsp3) is 0.778. The second-order valence-electron chi connectivity index (χ2n) is 3.88. The molecule has 0 bridgehead atoms. The first-order valence-electron chi connectivity index (χ1n) is 5.05. The van der Waals surface area contributed by atoms with Crippen LogP contribution in [-0.4, -0.2) is 23.2 Å². The number of rotatable bonds is 1. The summed E-state index contributed by atoms with van der Waals surface area (Å²) in [5.74, 6) is 0. The Morgan fingerprint density at radius 1 is 1.21 bits per heavy atom.